The van der Waals surface area contributed by atoms with Crippen LogP contribution in [-0.2, 0) is 9.53 Å². The molecule has 0 aromatic carbocycles. The molecule has 1 fully saturated rings. The SMILES string of the molecule is N#CC1=CN([C@@H]2O[C@H](CO)[C@@H](O)[C@H]2O)C2=NC=NC(=O)C12. The van der Waals surface area contributed by atoms with Gasteiger partial charge in [0.15, 0.2) is 6.23 Å². The smallest absolute Gasteiger partial charge is 0.263 e. The Hall–Kier alpha value is -2.12. The van der Waals surface area contributed by atoms with Gasteiger partial charge in [0.1, 0.15) is 36.4 Å². The van der Waals surface area contributed by atoms with Crippen molar-refractivity contribution in [3.63, 3.8) is 0 Å². The van der Waals surface area contributed by atoms with Crippen LogP contribution in [0, 0.1) is 17.2 Å². The van der Waals surface area contributed by atoms with E-state index in [0.717, 1.165) is 6.34 Å². The summed E-state index contributed by atoms with van der Waals surface area (Å²) in [7, 11) is 0. The molecule has 1 unspecified atom stereocenters. The lowest BCUT2D eigenvalue weighted by molar-refractivity contribution is -0.119. The van der Waals surface area contributed by atoms with Crippen LogP contribution < -0.4 is 0 Å². The van der Waals surface area contributed by atoms with Gasteiger partial charge in [0, 0.05) is 6.20 Å². The van der Waals surface area contributed by atoms with E-state index in [1.54, 1.807) is 0 Å². The number of carbonyl (C=O) groups excluding carboxylic acids is 1. The topological polar surface area (TPSA) is 139 Å². The van der Waals surface area contributed by atoms with Gasteiger partial charge in [-0.25, -0.2) is 9.98 Å². The Morgan fingerprint density at radius 1 is 1.43 bits per heavy atom. The summed E-state index contributed by atoms with van der Waals surface area (Å²) >= 11 is 0. The van der Waals surface area contributed by atoms with E-state index in [9.17, 15) is 15.0 Å². The molecule has 0 aromatic rings. The second-order valence-corrected chi connectivity index (χ2v) is 4.84. The van der Waals surface area contributed by atoms with Gasteiger partial charge in [-0.3, -0.25) is 4.79 Å². The number of fused-ring (bicyclic) bond motifs is 1. The number of aliphatic hydroxyl groups is 3. The Kier molecular flexibility index (Phi) is 3.30. The number of ether oxygens (including phenoxy) is 1. The number of nitrogens with zero attached hydrogens (tertiary/aromatic N) is 4. The van der Waals surface area contributed by atoms with E-state index in [1.807, 2.05) is 6.07 Å². The van der Waals surface area contributed by atoms with Crippen molar-refractivity contribution in [1.82, 2.24) is 4.90 Å². The van der Waals surface area contributed by atoms with Gasteiger partial charge >= 0.3 is 0 Å². The van der Waals surface area contributed by atoms with Crippen molar-refractivity contribution < 1.29 is 24.9 Å². The summed E-state index contributed by atoms with van der Waals surface area (Å²) in [6.07, 6.45) is -2.16. The average molecular weight is 292 g/mol. The Balaban J connectivity index is 1.94. The van der Waals surface area contributed by atoms with Gasteiger partial charge in [-0.15, -0.1) is 0 Å². The molecule has 0 radical (unpaired) electrons. The van der Waals surface area contributed by atoms with Crippen LogP contribution in [-0.4, -0.2) is 69.4 Å². The van der Waals surface area contributed by atoms with Gasteiger partial charge in [0.05, 0.1) is 18.2 Å². The second-order valence-electron chi connectivity index (χ2n) is 4.84. The van der Waals surface area contributed by atoms with E-state index < -0.39 is 43.0 Å². The van der Waals surface area contributed by atoms with E-state index in [-0.39, 0.29) is 11.4 Å². The molecular formula is C12H12N4O5. The molecule has 3 aliphatic heterocycles. The largest absolute Gasteiger partial charge is 0.394 e. The number of aliphatic imine (C=N–C) groups is 2. The minimum Gasteiger partial charge on any atom is -0.394 e. The van der Waals surface area contributed by atoms with Crippen molar-refractivity contribution in [2.24, 2.45) is 15.9 Å². The Morgan fingerprint density at radius 3 is 2.81 bits per heavy atom. The van der Waals surface area contributed by atoms with E-state index in [0.29, 0.717) is 0 Å². The number of rotatable bonds is 2. The Bertz CT molecular complexity index is 607. The quantitative estimate of drug-likeness (QED) is 0.521. The third-order valence-corrected chi connectivity index (χ3v) is 3.65. The standard InChI is InChI=1S/C12H12N4O5/c13-1-5-2-16(10-7(5)11(20)15-4-14-10)12-9(19)8(18)6(3-17)21-12/h2,4,6-9,12,17-19H,3H2/t6-,7?,8-,9-,12-/m1/s1. The Morgan fingerprint density at radius 2 is 2.19 bits per heavy atom. The van der Waals surface area contributed by atoms with Crippen LogP contribution in [0.15, 0.2) is 21.8 Å². The molecule has 3 N–H and O–H groups in total. The molecule has 0 aromatic heterocycles. The molecule has 0 aliphatic carbocycles. The lowest BCUT2D eigenvalue weighted by atomic mass is 10.0. The van der Waals surface area contributed by atoms with Crippen LogP contribution in [0.25, 0.3) is 0 Å². The van der Waals surface area contributed by atoms with Crippen LogP contribution in [0.1, 0.15) is 0 Å². The zero-order chi connectivity index (χ0) is 15.1. The minimum atomic E-state index is -1.31. The van der Waals surface area contributed by atoms with Crippen molar-refractivity contribution in [2.75, 3.05) is 6.61 Å². The highest BCUT2D eigenvalue weighted by Crippen LogP contribution is 2.33. The fourth-order valence-electron chi connectivity index (χ4n) is 2.59. The predicted molar refractivity (Wildman–Crippen MR) is 67.7 cm³/mol. The molecule has 5 atom stereocenters. The van der Waals surface area contributed by atoms with Crippen LogP contribution >= 0.6 is 0 Å². The third kappa shape index (κ3) is 1.97. The molecule has 9 nitrogen and oxygen atoms in total. The second kappa shape index (κ2) is 5.01. The molecule has 0 spiro atoms. The maximum atomic E-state index is 11.8. The average Bonchev–Trinajstić information content (AvgIpc) is 2.99. The molecule has 9 heteroatoms. The fourth-order valence-corrected chi connectivity index (χ4v) is 2.59. The third-order valence-electron chi connectivity index (χ3n) is 3.65. The number of amidine groups is 1. The van der Waals surface area contributed by atoms with Crippen molar-refractivity contribution in [2.45, 2.75) is 24.5 Å². The van der Waals surface area contributed by atoms with Crippen LogP contribution in [0.3, 0.4) is 0 Å². The molecule has 1 amide bonds. The zero-order valence-corrected chi connectivity index (χ0v) is 10.7. The van der Waals surface area contributed by atoms with E-state index in [2.05, 4.69) is 9.98 Å². The molecule has 0 saturated carbocycles. The maximum absolute atomic E-state index is 11.8. The first-order chi connectivity index (χ1) is 10.1. The Labute approximate surface area is 119 Å². The summed E-state index contributed by atoms with van der Waals surface area (Å²) in [6, 6.07) is 1.89. The number of carbonyl (C=O) groups is 1. The van der Waals surface area contributed by atoms with E-state index >= 15 is 0 Å². The summed E-state index contributed by atoms with van der Waals surface area (Å²) in [5.74, 6) is -1.23. The fraction of sp³-hybridized carbons (Fsp3) is 0.500. The molecule has 1 saturated heterocycles. The number of nitriles is 1. The summed E-state index contributed by atoms with van der Waals surface area (Å²) in [4.78, 5) is 20.6. The molecule has 3 heterocycles. The van der Waals surface area contributed by atoms with Crippen LogP contribution in [0.5, 0.6) is 0 Å². The van der Waals surface area contributed by atoms with Crippen molar-refractivity contribution in [3.8, 4) is 6.07 Å². The molecule has 3 aliphatic rings. The number of amides is 1. The van der Waals surface area contributed by atoms with Gasteiger partial charge in [-0.1, -0.05) is 0 Å². The van der Waals surface area contributed by atoms with Crippen molar-refractivity contribution in [1.29, 1.82) is 5.26 Å². The molecule has 0 bridgehead atoms. The highest BCUT2D eigenvalue weighted by atomic mass is 16.6. The summed E-state index contributed by atoms with van der Waals surface area (Å²) in [6.45, 7) is -0.465. The highest BCUT2D eigenvalue weighted by Gasteiger charge is 2.50. The van der Waals surface area contributed by atoms with Gasteiger partial charge in [-0.05, 0) is 0 Å². The first-order valence-corrected chi connectivity index (χ1v) is 6.25. The van der Waals surface area contributed by atoms with Gasteiger partial charge in [-0.2, -0.15) is 5.26 Å². The zero-order valence-electron chi connectivity index (χ0n) is 10.7. The molecular weight excluding hydrogens is 280 g/mol. The predicted octanol–water partition coefficient (Wildman–Crippen LogP) is -2.27. The van der Waals surface area contributed by atoms with Crippen LogP contribution in [0.2, 0.25) is 0 Å². The first-order valence-electron chi connectivity index (χ1n) is 6.25. The van der Waals surface area contributed by atoms with Crippen molar-refractivity contribution in [3.05, 3.63) is 11.8 Å². The first kappa shape index (κ1) is 13.8. The number of hydrogen-bond donors (Lipinski definition) is 3. The normalized spacial score (nSPS) is 38.1. The minimum absolute atomic E-state index is 0.133. The van der Waals surface area contributed by atoms with E-state index in [4.69, 9.17) is 15.1 Å². The maximum Gasteiger partial charge on any atom is 0.263 e. The lowest BCUT2D eigenvalue weighted by Crippen LogP contribution is -2.45. The monoisotopic (exact) mass is 292 g/mol. The summed E-state index contributed by atoms with van der Waals surface area (Å²) in [5.41, 5.74) is 0.133. The van der Waals surface area contributed by atoms with Gasteiger partial charge in [0.2, 0.25) is 0 Å². The van der Waals surface area contributed by atoms with Crippen LogP contribution in [0.4, 0.5) is 0 Å². The van der Waals surface area contributed by atoms with E-state index in [1.165, 1.54) is 11.1 Å². The number of aliphatic hydroxyl groups excluding tert-OH is 3. The number of hydrogen-bond acceptors (Lipinski definition) is 8. The molecule has 21 heavy (non-hydrogen) atoms. The molecule has 3 rings (SSSR count). The summed E-state index contributed by atoms with van der Waals surface area (Å²) in [5, 5.41) is 38.0. The lowest BCUT2D eigenvalue weighted by Gasteiger charge is -2.28. The van der Waals surface area contributed by atoms with Gasteiger partial charge < -0.3 is 25.0 Å². The van der Waals surface area contributed by atoms with Gasteiger partial charge in [0.25, 0.3) is 5.91 Å². The highest BCUT2D eigenvalue weighted by molar-refractivity contribution is 6.15. The summed E-state index contributed by atoms with van der Waals surface area (Å²) < 4.78 is 5.38. The van der Waals surface area contributed by atoms with Crippen molar-refractivity contribution >= 4 is 18.1 Å². The molecule has 110 valence electrons.